The molecule has 1 aromatic carbocycles. The summed E-state index contributed by atoms with van der Waals surface area (Å²) < 4.78 is 2.13. The second-order valence-electron chi connectivity index (χ2n) is 5.87. The molecule has 3 heteroatoms. The molecule has 116 valence electrons. The van der Waals surface area contributed by atoms with Gasteiger partial charge in [-0.15, -0.1) is 0 Å². The van der Waals surface area contributed by atoms with Crippen molar-refractivity contribution >= 4 is 10.9 Å². The Morgan fingerprint density at radius 2 is 1.62 bits per heavy atom. The maximum Gasteiger partial charge on any atom is 0.0838 e. The van der Waals surface area contributed by atoms with Crippen LogP contribution in [-0.2, 0) is 13.1 Å². The molecule has 0 amide bonds. The Balaban J connectivity index is 1.76. The van der Waals surface area contributed by atoms with Gasteiger partial charge in [-0.05, 0) is 12.5 Å². The summed E-state index contributed by atoms with van der Waals surface area (Å²) >= 11 is 0. The van der Waals surface area contributed by atoms with Crippen LogP contribution in [0.15, 0.2) is 24.3 Å². The van der Waals surface area contributed by atoms with E-state index >= 15 is 0 Å². The van der Waals surface area contributed by atoms with Crippen molar-refractivity contribution in [2.75, 3.05) is 0 Å². The SMILES string of the molecule is CCCCCCCCCCn1nc(CN)c2ccccc21. The van der Waals surface area contributed by atoms with E-state index in [-0.39, 0.29) is 0 Å². The van der Waals surface area contributed by atoms with Crippen molar-refractivity contribution in [2.45, 2.75) is 71.4 Å². The topological polar surface area (TPSA) is 43.8 Å². The van der Waals surface area contributed by atoms with E-state index in [4.69, 9.17) is 5.73 Å². The van der Waals surface area contributed by atoms with E-state index in [2.05, 4.69) is 41.0 Å². The third-order valence-corrected chi connectivity index (χ3v) is 4.15. The number of benzene rings is 1. The summed E-state index contributed by atoms with van der Waals surface area (Å²) in [5.74, 6) is 0. The monoisotopic (exact) mass is 287 g/mol. The minimum absolute atomic E-state index is 0.519. The van der Waals surface area contributed by atoms with Gasteiger partial charge in [0.05, 0.1) is 11.2 Å². The fourth-order valence-electron chi connectivity index (χ4n) is 2.91. The molecule has 0 saturated heterocycles. The highest BCUT2D eigenvalue weighted by molar-refractivity contribution is 5.81. The molecular formula is C18H29N3. The first-order chi connectivity index (χ1) is 10.4. The van der Waals surface area contributed by atoms with Crippen LogP contribution in [0, 0.1) is 0 Å². The lowest BCUT2D eigenvalue weighted by Gasteiger charge is -2.04. The summed E-state index contributed by atoms with van der Waals surface area (Å²) in [7, 11) is 0. The summed E-state index contributed by atoms with van der Waals surface area (Å²) in [4.78, 5) is 0. The van der Waals surface area contributed by atoms with Crippen LogP contribution in [0.3, 0.4) is 0 Å². The summed E-state index contributed by atoms with van der Waals surface area (Å²) in [5.41, 5.74) is 8.03. The fourth-order valence-corrected chi connectivity index (χ4v) is 2.91. The Bertz CT molecular complexity index is 530. The third kappa shape index (κ3) is 4.57. The normalized spacial score (nSPS) is 11.3. The molecule has 21 heavy (non-hydrogen) atoms. The maximum atomic E-state index is 5.79. The zero-order valence-corrected chi connectivity index (χ0v) is 13.4. The van der Waals surface area contributed by atoms with Gasteiger partial charge in [0.25, 0.3) is 0 Å². The molecule has 0 radical (unpaired) electrons. The first-order valence-electron chi connectivity index (χ1n) is 8.51. The van der Waals surface area contributed by atoms with Gasteiger partial charge >= 0.3 is 0 Å². The van der Waals surface area contributed by atoms with Gasteiger partial charge in [-0.3, -0.25) is 4.68 Å². The minimum atomic E-state index is 0.519. The quantitative estimate of drug-likeness (QED) is 0.647. The highest BCUT2D eigenvalue weighted by atomic mass is 15.3. The van der Waals surface area contributed by atoms with Crippen LogP contribution in [0.25, 0.3) is 10.9 Å². The number of aryl methyl sites for hydroxylation is 1. The van der Waals surface area contributed by atoms with Gasteiger partial charge in [-0.1, -0.05) is 70.1 Å². The van der Waals surface area contributed by atoms with Gasteiger partial charge in [-0.2, -0.15) is 5.10 Å². The number of fused-ring (bicyclic) bond motifs is 1. The predicted molar refractivity (Wildman–Crippen MR) is 90.2 cm³/mol. The molecule has 0 aliphatic rings. The molecule has 2 rings (SSSR count). The standard InChI is InChI=1S/C18H29N3/c1-2-3-4-5-6-7-8-11-14-21-18-13-10-9-12-16(18)17(15-19)20-21/h9-10,12-13H,2-8,11,14-15,19H2,1H3. The van der Waals surface area contributed by atoms with E-state index in [0.29, 0.717) is 6.54 Å². The van der Waals surface area contributed by atoms with Crippen molar-refractivity contribution in [3.8, 4) is 0 Å². The first kappa shape index (κ1) is 16.0. The molecule has 0 fully saturated rings. The lowest BCUT2D eigenvalue weighted by molar-refractivity contribution is 0.525. The fraction of sp³-hybridized carbons (Fsp3) is 0.611. The average molecular weight is 287 g/mol. The van der Waals surface area contributed by atoms with Crippen molar-refractivity contribution < 1.29 is 0 Å². The largest absolute Gasteiger partial charge is 0.325 e. The maximum absolute atomic E-state index is 5.79. The van der Waals surface area contributed by atoms with Crippen LogP contribution in [-0.4, -0.2) is 9.78 Å². The number of nitrogens with two attached hydrogens (primary N) is 1. The number of unbranched alkanes of at least 4 members (excludes halogenated alkanes) is 7. The smallest absolute Gasteiger partial charge is 0.0838 e. The zero-order chi connectivity index (χ0) is 14.9. The van der Waals surface area contributed by atoms with E-state index in [1.165, 1.54) is 62.3 Å². The van der Waals surface area contributed by atoms with Crippen molar-refractivity contribution in [2.24, 2.45) is 5.73 Å². The van der Waals surface area contributed by atoms with E-state index < -0.39 is 0 Å². The number of hydrogen-bond donors (Lipinski definition) is 1. The van der Waals surface area contributed by atoms with E-state index in [1.807, 2.05) is 0 Å². The second-order valence-corrected chi connectivity index (χ2v) is 5.87. The number of aromatic nitrogens is 2. The number of nitrogens with zero attached hydrogens (tertiary/aromatic N) is 2. The molecule has 0 aliphatic carbocycles. The van der Waals surface area contributed by atoms with Crippen molar-refractivity contribution in [1.29, 1.82) is 0 Å². The molecule has 3 nitrogen and oxygen atoms in total. The second kappa shape index (κ2) is 8.83. The molecular weight excluding hydrogens is 258 g/mol. The van der Waals surface area contributed by atoms with Crippen molar-refractivity contribution in [3.05, 3.63) is 30.0 Å². The molecule has 0 unspecified atom stereocenters. The zero-order valence-electron chi connectivity index (χ0n) is 13.4. The predicted octanol–water partition coefficient (Wildman–Crippen LogP) is 4.64. The molecule has 1 aromatic heterocycles. The molecule has 1 heterocycles. The van der Waals surface area contributed by atoms with E-state index in [1.54, 1.807) is 0 Å². The van der Waals surface area contributed by atoms with Gasteiger partial charge in [0.2, 0.25) is 0 Å². The van der Waals surface area contributed by atoms with Crippen molar-refractivity contribution in [1.82, 2.24) is 9.78 Å². The van der Waals surface area contributed by atoms with Gasteiger partial charge in [0.1, 0.15) is 0 Å². The average Bonchev–Trinajstić information content (AvgIpc) is 2.88. The Kier molecular flexibility index (Phi) is 6.74. The Hall–Kier alpha value is -1.35. The van der Waals surface area contributed by atoms with Crippen LogP contribution in [0.5, 0.6) is 0 Å². The molecule has 2 N–H and O–H groups in total. The van der Waals surface area contributed by atoms with Crippen molar-refractivity contribution in [3.63, 3.8) is 0 Å². The number of para-hydroxylation sites is 1. The molecule has 0 spiro atoms. The lowest BCUT2D eigenvalue weighted by atomic mass is 10.1. The molecule has 0 atom stereocenters. The minimum Gasteiger partial charge on any atom is -0.325 e. The highest BCUT2D eigenvalue weighted by Gasteiger charge is 2.07. The van der Waals surface area contributed by atoms with E-state index in [9.17, 15) is 0 Å². The van der Waals surface area contributed by atoms with Crippen LogP contribution in [0.1, 0.15) is 64.0 Å². The van der Waals surface area contributed by atoms with Gasteiger partial charge in [-0.25, -0.2) is 0 Å². The summed E-state index contributed by atoms with van der Waals surface area (Å²) in [6, 6.07) is 8.40. The van der Waals surface area contributed by atoms with Gasteiger partial charge < -0.3 is 5.73 Å². The first-order valence-corrected chi connectivity index (χ1v) is 8.51. The number of hydrogen-bond acceptors (Lipinski definition) is 2. The Morgan fingerprint density at radius 3 is 2.33 bits per heavy atom. The summed E-state index contributed by atoms with van der Waals surface area (Å²) in [5, 5.41) is 5.87. The van der Waals surface area contributed by atoms with E-state index in [0.717, 1.165) is 12.2 Å². The third-order valence-electron chi connectivity index (χ3n) is 4.15. The van der Waals surface area contributed by atoms with Crippen LogP contribution < -0.4 is 5.73 Å². The van der Waals surface area contributed by atoms with Gasteiger partial charge in [0.15, 0.2) is 0 Å². The lowest BCUT2D eigenvalue weighted by Crippen LogP contribution is -2.03. The molecule has 2 aromatic rings. The van der Waals surface area contributed by atoms with Crippen LogP contribution >= 0.6 is 0 Å². The number of rotatable bonds is 10. The molecule has 0 saturated carbocycles. The molecule has 0 aliphatic heterocycles. The Morgan fingerprint density at radius 1 is 0.952 bits per heavy atom. The van der Waals surface area contributed by atoms with Crippen LogP contribution in [0.2, 0.25) is 0 Å². The van der Waals surface area contributed by atoms with Crippen LogP contribution in [0.4, 0.5) is 0 Å². The van der Waals surface area contributed by atoms with Gasteiger partial charge in [0, 0.05) is 18.5 Å². The highest BCUT2D eigenvalue weighted by Crippen LogP contribution is 2.19. The summed E-state index contributed by atoms with van der Waals surface area (Å²) in [6.07, 6.45) is 10.8. The Labute approximate surface area is 128 Å². The molecule has 0 bridgehead atoms. The summed E-state index contributed by atoms with van der Waals surface area (Å²) in [6.45, 7) is 3.80.